The molecule has 0 fully saturated rings. The predicted octanol–water partition coefficient (Wildman–Crippen LogP) is 3.69. The van der Waals surface area contributed by atoms with Crippen LogP contribution in [0.5, 0.6) is 0 Å². The van der Waals surface area contributed by atoms with Crippen molar-refractivity contribution in [2.45, 2.75) is 13.5 Å². The highest BCUT2D eigenvalue weighted by Gasteiger charge is 2.12. The van der Waals surface area contributed by atoms with Gasteiger partial charge in [-0.2, -0.15) is 0 Å². The molecule has 0 saturated carbocycles. The topological polar surface area (TPSA) is 77.1 Å². The molecule has 7 heteroatoms. The van der Waals surface area contributed by atoms with Crippen LogP contribution in [0.25, 0.3) is 28.1 Å². The van der Waals surface area contributed by atoms with Gasteiger partial charge in [0.2, 0.25) is 11.7 Å². The molecule has 2 aromatic carbocycles. The molecule has 0 spiro atoms. The fourth-order valence-electron chi connectivity index (χ4n) is 3.51. The van der Waals surface area contributed by atoms with E-state index in [1.54, 1.807) is 12.5 Å². The van der Waals surface area contributed by atoms with Crippen molar-refractivity contribution in [2.75, 3.05) is 5.32 Å². The van der Waals surface area contributed by atoms with Crippen LogP contribution in [0.4, 0.5) is 5.69 Å². The van der Waals surface area contributed by atoms with Gasteiger partial charge in [0, 0.05) is 29.3 Å². The van der Waals surface area contributed by atoms with Crippen LogP contribution in [-0.4, -0.2) is 29.8 Å². The zero-order chi connectivity index (χ0) is 19.8. The number of carbonyl (C=O) groups excluding carboxylic acids is 1. The Morgan fingerprint density at radius 3 is 2.86 bits per heavy atom. The molecule has 5 aromatic rings. The Kier molecular flexibility index (Phi) is 4.05. The third-order valence-corrected chi connectivity index (χ3v) is 4.90. The van der Waals surface area contributed by atoms with Crippen molar-refractivity contribution in [3.05, 3.63) is 79.0 Å². The van der Waals surface area contributed by atoms with E-state index in [2.05, 4.69) is 20.3 Å². The van der Waals surface area contributed by atoms with Crippen molar-refractivity contribution in [1.29, 1.82) is 0 Å². The third kappa shape index (κ3) is 3.12. The number of hydrogen-bond donors (Lipinski definition) is 1. The molecule has 0 aliphatic heterocycles. The molecule has 3 heterocycles. The summed E-state index contributed by atoms with van der Waals surface area (Å²) in [5.74, 6) is 0.542. The van der Waals surface area contributed by atoms with Gasteiger partial charge < -0.3 is 9.88 Å². The minimum Gasteiger partial charge on any atom is -0.325 e. The summed E-state index contributed by atoms with van der Waals surface area (Å²) in [4.78, 5) is 25.8. The molecule has 3 aromatic heterocycles. The van der Waals surface area contributed by atoms with Gasteiger partial charge in [-0.25, -0.2) is 15.0 Å². The monoisotopic (exact) mass is 382 g/mol. The summed E-state index contributed by atoms with van der Waals surface area (Å²) in [7, 11) is 0. The lowest BCUT2D eigenvalue weighted by molar-refractivity contribution is -0.116. The first-order chi connectivity index (χ1) is 14.2. The summed E-state index contributed by atoms with van der Waals surface area (Å²) in [6.07, 6.45) is 5.35. The molecule has 29 heavy (non-hydrogen) atoms. The number of hydrogen-bond acceptors (Lipinski definition) is 4. The summed E-state index contributed by atoms with van der Waals surface area (Å²) < 4.78 is 3.79. The van der Waals surface area contributed by atoms with Crippen molar-refractivity contribution in [1.82, 2.24) is 23.9 Å². The van der Waals surface area contributed by atoms with Gasteiger partial charge in [0.25, 0.3) is 0 Å². The molecule has 0 saturated heterocycles. The van der Waals surface area contributed by atoms with Gasteiger partial charge in [-0.3, -0.25) is 9.20 Å². The molecule has 0 aliphatic carbocycles. The summed E-state index contributed by atoms with van der Waals surface area (Å²) in [6.45, 7) is 2.20. The normalized spacial score (nSPS) is 11.2. The molecular formula is C22H18N6O. The Hall–Kier alpha value is -4.00. The summed E-state index contributed by atoms with van der Waals surface area (Å²) in [6, 6.07) is 17.3. The van der Waals surface area contributed by atoms with Crippen molar-refractivity contribution < 1.29 is 4.79 Å². The van der Waals surface area contributed by atoms with E-state index in [9.17, 15) is 4.79 Å². The van der Waals surface area contributed by atoms with Crippen LogP contribution in [0, 0.1) is 6.92 Å². The van der Waals surface area contributed by atoms with Crippen LogP contribution in [0.2, 0.25) is 0 Å². The van der Waals surface area contributed by atoms with E-state index < -0.39 is 0 Å². The Morgan fingerprint density at radius 1 is 1.07 bits per heavy atom. The minimum atomic E-state index is -0.112. The maximum Gasteiger partial charge on any atom is 0.244 e. The van der Waals surface area contributed by atoms with Crippen molar-refractivity contribution in [3.8, 4) is 11.3 Å². The van der Waals surface area contributed by atoms with Gasteiger partial charge in [0.1, 0.15) is 6.54 Å². The number of aromatic nitrogens is 5. The Labute approximate surface area is 166 Å². The summed E-state index contributed by atoms with van der Waals surface area (Å²) in [5.41, 5.74) is 5.31. The van der Waals surface area contributed by atoms with Crippen LogP contribution in [-0.2, 0) is 11.3 Å². The number of carbonyl (C=O) groups is 1. The van der Waals surface area contributed by atoms with Crippen molar-refractivity contribution >= 4 is 28.4 Å². The molecule has 7 nitrogen and oxygen atoms in total. The van der Waals surface area contributed by atoms with E-state index in [1.165, 1.54) is 0 Å². The average Bonchev–Trinajstić information content (AvgIpc) is 3.30. The number of aryl methyl sites for hydroxylation is 1. The number of rotatable bonds is 4. The van der Waals surface area contributed by atoms with Gasteiger partial charge in [-0.05, 0) is 37.3 Å². The Morgan fingerprint density at radius 2 is 1.97 bits per heavy atom. The van der Waals surface area contributed by atoms with E-state index >= 15 is 0 Å². The Bertz CT molecular complexity index is 1350. The molecule has 5 rings (SSSR count). The second-order valence-electron chi connectivity index (χ2n) is 6.83. The SMILES string of the molecule is Cc1c(-c2cccc(NC(=O)Cn3cnc4ccccc43)c2)nc2ncccn12. The quantitative estimate of drug-likeness (QED) is 0.514. The molecule has 1 amide bonds. The van der Waals surface area contributed by atoms with E-state index in [-0.39, 0.29) is 12.5 Å². The number of fused-ring (bicyclic) bond motifs is 2. The first-order valence-corrected chi connectivity index (χ1v) is 9.29. The molecule has 1 N–H and O–H groups in total. The number of nitrogens with zero attached hydrogens (tertiary/aromatic N) is 5. The van der Waals surface area contributed by atoms with Gasteiger partial charge >= 0.3 is 0 Å². The lowest BCUT2D eigenvalue weighted by atomic mass is 10.1. The van der Waals surface area contributed by atoms with Crippen molar-refractivity contribution in [2.24, 2.45) is 0 Å². The highest BCUT2D eigenvalue weighted by Crippen LogP contribution is 2.25. The fraction of sp³-hybridized carbons (Fsp3) is 0.0909. The standard InChI is InChI=1S/C22H18N6O/c1-15-21(26-22-23-10-5-11-28(15)22)16-6-4-7-17(12-16)25-20(29)13-27-14-24-18-8-2-3-9-19(18)27/h2-12,14H,13H2,1H3,(H,25,29). The average molecular weight is 382 g/mol. The number of anilines is 1. The smallest absolute Gasteiger partial charge is 0.244 e. The van der Waals surface area contributed by atoms with E-state index in [0.717, 1.165) is 33.7 Å². The lowest BCUT2D eigenvalue weighted by Crippen LogP contribution is -2.18. The minimum absolute atomic E-state index is 0.112. The van der Waals surface area contributed by atoms with Gasteiger partial charge in [-0.1, -0.05) is 24.3 Å². The van der Waals surface area contributed by atoms with E-state index in [1.807, 2.05) is 76.7 Å². The number of nitrogens with one attached hydrogen (secondary N) is 1. The van der Waals surface area contributed by atoms with Crippen molar-refractivity contribution in [3.63, 3.8) is 0 Å². The number of amides is 1. The zero-order valence-electron chi connectivity index (χ0n) is 15.8. The van der Waals surface area contributed by atoms with Gasteiger partial charge in [0.15, 0.2) is 0 Å². The molecule has 0 bridgehead atoms. The highest BCUT2D eigenvalue weighted by atomic mass is 16.1. The highest BCUT2D eigenvalue weighted by molar-refractivity contribution is 5.92. The van der Waals surface area contributed by atoms with E-state index in [4.69, 9.17) is 0 Å². The molecule has 0 aliphatic rings. The first-order valence-electron chi connectivity index (χ1n) is 9.29. The zero-order valence-corrected chi connectivity index (χ0v) is 15.8. The largest absolute Gasteiger partial charge is 0.325 e. The summed E-state index contributed by atoms with van der Waals surface area (Å²) in [5, 5.41) is 2.97. The number of imidazole rings is 2. The van der Waals surface area contributed by atoms with Crippen LogP contribution < -0.4 is 5.32 Å². The van der Waals surface area contributed by atoms with Gasteiger partial charge in [-0.15, -0.1) is 0 Å². The van der Waals surface area contributed by atoms with Crippen LogP contribution in [0.1, 0.15) is 5.69 Å². The first kappa shape index (κ1) is 17.1. The number of benzene rings is 2. The second-order valence-corrected chi connectivity index (χ2v) is 6.83. The maximum atomic E-state index is 12.6. The van der Waals surface area contributed by atoms with E-state index in [0.29, 0.717) is 5.78 Å². The predicted molar refractivity (Wildman–Crippen MR) is 112 cm³/mol. The van der Waals surface area contributed by atoms with Gasteiger partial charge in [0.05, 0.1) is 23.1 Å². The van der Waals surface area contributed by atoms with Crippen LogP contribution in [0.3, 0.4) is 0 Å². The summed E-state index contributed by atoms with van der Waals surface area (Å²) >= 11 is 0. The third-order valence-electron chi connectivity index (χ3n) is 4.90. The second kappa shape index (κ2) is 6.87. The Balaban J connectivity index is 1.39. The van der Waals surface area contributed by atoms with Crippen LogP contribution in [0.15, 0.2) is 73.3 Å². The molecule has 0 atom stereocenters. The number of para-hydroxylation sites is 2. The fourth-order valence-corrected chi connectivity index (χ4v) is 3.51. The lowest BCUT2D eigenvalue weighted by Gasteiger charge is -2.08. The molecule has 0 radical (unpaired) electrons. The van der Waals surface area contributed by atoms with Crippen LogP contribution >= 0.6 is 0 Å². The molecular weight excluding hydrogens is 364 g/mol. The maximum absolute atomic E-state index is 12.6. The molecule has 142 valence electrons. The molecule has 0 unspecified atom stereocenters.